The molecule has 1 fully saturated rings. The summed E-state index contributed by atoms with van der Waals surface area (Å²) in [5.74, 6) is -0.351. The van der Waals surface area contributed by atoms with Crippen LogP contribution in [0.5, 0.6) is 0 Å². The van der Waals surface area contributed by atoms with Gasteiger partial charge in [-0.3, -0.25) is 9.69 Å². The molecule has 1 aromatic carbocycles. The second kappa shape index (κ2) is 6.72. The van der Waals surface area contributed by atoms with Crippen LogP contribution in [-0.4, -0.2) is 30.9 Å². The summed E-state index contributed by atoms with van der Waals surface area (Å²) in [5.41, 5.74) is 1.39. The number of nitrogens with one attached hydrogen (secondary N) is 1. The van der Waals surface area contributed by atoms with Crippen LogP contribution in [-0.2, 0) is 0 Å². The Kier molecular flexibility index (Phi) is 4.68. The van der Waals surface area contributed by atoms with E-state index in [-0.39, 0.29) is 22.9 Å². The van der Waals surface area contributed by atoms with E-state index in [1.54, 1.807) is 12.1 Å². The van der Waals surface area contributed by atoms with Crippen molar-refractivity contribution in [2.24, 2.45) is 5.92 Å². The number of carbonyl (C=O) groups is 1. The molecule has 1 aliphatic rings. The van der Waals surface area contributed by atoms with E-state index >= 15 is 0 Å². The average Bonchev–Trinajstić information content (AvgIpc) is 3.18. The molecule has 2 atom stereocenters. The van der Waals surface area contributed by atoms with Gasteiger partial charge >= 0.3 is 0 Å². The maximum atomic E-state index is 13.8. The van der Waals surface area contributed by atoms with Crippen molar-refractivity contribution in [3.63, 3.8) is 0 Å². The monoisotopic (exact) mass is 336 g/mol. The van der Waals surface area contributed by atoms with Crippen LogP contribution in [0.2, 0.25) is 5.02 Å². The van der Waals surface area contributed by atoms with Gasteiger partial charge in [0.1, 0.15) is 12.1 Å². The molecule has 2 heterocycles. The minimum absolute atomic E-state index is 0.0615. The number of amides is 1. The molecule has 1 N–H and O–H groups in total. The average molecular weight is 337 g/mol. The van der Waals surface area contributed by atoms with Crippen LogP contribution in [0, 0.1) is 11.7 Å². The van der Waals surface area contributed by atoms with E-state index in [1.165, 1.54) is 18.6 Å². The van der Waals surface area contributed by atoms with Crippen molar-refractivity contribution >= 4 is 17.5 Å². The smallest absolute Gasteiger partial charge is 0.254 e. The van der Waals surface area contributed by atoms with Crippen molar-refractivity contribution < 1.29 is 13.6 Å². The third-order valence-electron chi connectivity index (χ3n) is 4.37. The fourth-order valence-electron chi connectivity index (χ4n) is 3.18. The maximum Gasteiger partial charge on any atom is 0.254 e. The Balaban J connectivity index is 1.71. The molecule has 3 rings (SSSR count). The Bertz CT molecular complexity index is 690. The van der Waals surface area contributed by atoms with Crippen LogP contribution < -0.4 is 5.32 Å². The zero-order valence-electron chi connectivity index (χ0n) is 12.8. The molecule has 0 unspecified atom stereocenters. The predicted octanol–water partition coefficient (Wildman–Crippen LogP) is 3.49. The van der Waals surface area contributed by atoms with E-state index in [0.717, 1.165) is 18.5 Å². The quantitative estimate of drug-likeness (QED) is 0.929. The molecule has 0 saturated carbocycles. The molecule has 2 aromatic rings. The number of likely N-dealkylation sites (tertiary alicyclic amines) is 1. The Labute approximate surface area is 139 Å². The lowest BCUT2D eigenvalue weighted by molar-refractivity contribution is 0.0943. The lowest BCUT2D eigenvalue weighted by atomic mass is 9.93. The summed E-state index contributed by atoms with van der Waals surface area (Å²) >= 11 is 5.77. The number of furan rings is 1. The summed E-state index contributed by atoms with van der Waals surface area (Å²) in [6.45, 7) is 1.43. The van der Waals surface area contributed by atoms with Crippen LogP contribution in [0.15, 0.2) is 41.2 Å². The molecular formula is C17H18ClFN2O2. The molecule has 0 spiro atoms. The molecule has 23 heavy (non-hydrogen) atoms. The van der Waals surface area contributed by atoms with Crippen LogP contribution in [0.3, 0.4) is 0 Å². The Morgan fingerprint density at radius 3 is 3.00 bits per heavy atom. The van der Waals surface area contributed by atoms with Crippen molar-refractivity contribution in [1.82, 2.24) is 10.2 Å². The fraction of sp³-hybridized carbons (Fsp3) is 0.353. The van der Waals surface area contributed by atoms with Gasteiger partial charge in [0.25, 0.3) is 5.91 Å². The Morgan fingerprint density at radius 1 is 1.48 bits per heavy atom. The topological polar surface area (TPSA) is 45.5 Å². The van der Waals surface area contributed by atoms with Gasteiger partial charge in [-0.2, -0.15) is 0 Å². The third-order valence-corrected chi connectivity index (χ3v) is 4.67. The van der Waals surface area contributed by atoms with Gasteiger partial charge in [0, 0.05) is 12.6 Å². The Morgan fingerprint density at radius 2 is 2.30 bits per heavy atom. The number of hydrogen-bond donors (Lipinski definition) is 1. The fourth-order valence-corrected chi connectivity index (χ4v) is 3.30. The molecule has 6 heteroatoms. The van der Waals surface area contributed by atoms with Gasteiger partial charge in [-0.15, -0.1) is 0 Å². The van der Waals surface area contributed by atoms with Gasteiger partial charge < -0.3 is 9.73 Å². The first-order chi connectivity index (χ1) is 11.1. The summed E-state index contributed by atoms with van der Waals surface area (Å²) in [5, 5.41) is 3.05. The SMILES string of the molecule is CN1CC[C@H](CNC(=O)c2ccoc2)[C@@H]1c1ccc(Cl)c(F)c1. The molecule has 1 amide bonds. The highest BCUT2D eigenvalue weighted by atomic mass is 35.5. The standard InChI is InChI=1S/C17H18ClFN2O2/c1-21-6-4-12(9-20-17(22)13-5-7-23-10-13)16(21)11-2-3-14(18)15(19)8-11/h2-3,5,7-8,10,12,16H,4,6,9H2,1H3,(H,20,22)/t12-,16+/m1/s1. The van der Waals surface area contributed by atoms with Crippen LogP contribution >= 0.6 is 11.6 Å². The van der Waals surface area contributed by atoms with Crippen molar-refractivity contribution in [2.75, 3.05) is 20.1 Å². The first kappa shape index (κ1) is 16.0. The van der Waals surface area contributed by atoms with Gasteiger partial charge in [-0.25, -0.2) is 4.39 Å². The summed E-state index contributed by atoms with van der Waals surface area (Å²) in [6.07, 6.45) is 3.83. The third kappa shape index (κ3) is 3.41. The Hall–Kier alpha value is -1.85. The van der Waals surface area contributed by atoms with Gasteiger partial charge in [-0.05, 0) is 49.7 Å². The van der Waals surface area contributed by atoms with Crippen molar-refractivity contribution in [3.8, 4) is 0 Å². The normalized spacial score (nSPS) is 21.5. The predicted molar refractivity (Wildman–Crippen MR) is 85.9 cm³/mol. The minimum atomic E-state index is -0.411. The lowest BCUT2D eigenvalue weighted by Gasteiger charge is -2.26. The molecular weight excluding hydrogens is 319 g/mol. The second-order valence-corrected chi connectivity index (χ2v) is 6.28. The van der Waals surface area contributed by atoms with E-state index in [0.29, 0.717) is 12.1 Å². The molecule has 0 bridgehead atoms. The van der Waals surface area contributed by atoms with Gasteiger partial charge in [0.05, 0.1) is 16.8 Å². The first-order valence-electron chi connectivity index (χ1n) is 7.52. The largest absolute Gasteiger partial charge is 0.472 e. The highest BCUT2D eigenvalue weighted by Gasteiger charge is 2.33. The molecule has 4 nitrogen and oxygen atoms in total. The van der Waals surface area contributed by atoms with Gasteiger partial charge in [0.15, 0.2) is 0 Å². The first-order valence-corrected chi connectivity index (χ1v) is 7.89. The minimum Gasteiger partial charge on any atom is -0.472 e. The summed E-state index contributed by atoms with van der Waals surface area (Å²) in [7, 11) is 2.01. The van der Waals surface area contributed by atoms with Gasteiger partial charge in [0.2, 0.25) is 0 Å². The van der Waals surface area contributed by atoms with E-state index in [9.17, 15) is 9.18 Å². The molecule has 122 valence electrons. The molecule has 0 aliphatic carbocycles. The number of rotatable bonds is 4. The summed E-state index contributed by atoms with van der Waals surface area (Å²) in [4.78, 5) is 14.2. The van der Waals surface area contributed by atoms with Gasteiger partial charge in [-0.1, -0.05) is 17.7 Å². The summed E-state index contributed by atoms with van der Waals surface area (Å²) < 4.78 is 18.7. The van der Waals surface area contributed by atoms with Crippen LogP contribution in [0.1, 0.15) is 28.4 Å². The van der Waals surface area contributed by atoms with Crippen LogP contribution in [0.4, 0.5) is 4.39 Å². The number of benzene rings is 1. The molecule has 1 aliphatic heterocycles. The molecule has 1 saturated heterocycles. The zero-order valence-corrected chi connectivity index (χ0v) is 13.5. The van der Waals surface area contributed by atoms with Crippen molar-refractivity contribution in [2.45, 2.75) is 12.5 Å². The van der Waals surface area contributed by atoms with Crippen LogP contribution in [0.25, 0.3) is 0 Å². The second-order valence-electron chi connectivity index (χ2n) is 5.87. The van der Waals surface area contributed by atoms with Crippen molar-refractivity contribution in [1.29, 1.82) is 0 Å². The van der Waals surface area contributed by atoms with Crippen molar-refractivity contribution in [3.05, 3.63) is 58.8 Å². The number of halogens is 2. The van der Waals surface area contributed by atoms with E-state index in [2.05, 4.69) is 10.2 Å². The highest BCUT2D eigenvalue weighted by Crippen LogP contribution is 2.36. The maximum absolute atomic E-state index is 13.8. The highest BCUT2D eigenvalue weighted by molar-refractivity contribution is 6.30. The number of carbonyl (C=O) groups excluding carboxylic acids is 1. The lowest BCUT2D eigenvalue weighted by Crippen LogP contribution is -2.32. The van der Waals surface area contributed by atoms with E-state index in [1.807, 2.05) is 13.1 Å². The zero-order chi connectivity index (χ0) is 16.4. The summed E-state index contributed by atoms with van der Waals surface area (Å²) in [6, 6.07) is 6.61. The molecule has 1 aromatic heterocycles. The van der Waals surface area contributed by atoms with E-state index < -0.39 is 5.82 Å². The van der Waals surface area contributed by atoms with E-state index in [4.69, 9.17) is 16.0 Å². The number of nitrogens with zero attached hydrogens (tertiary/aromatic N) is 1. The number of hydrogen-bond acceptors (Lipinski definition) is 3. The molecule has 0 radical (unpaired) electrons.